The standard InChI is InChI=1S/C12H21NO4/c1-4-12(2,17-3)11(16)13-7-5-6-9(8-13)10(14)15/h9H,4-8H2,1-3H3,(H,14,15). The van der Waals surface area contributed by atoms with Gasteiger partial charge in [0.1, 0.15) is 5.60 Å². The number of likely N-dealkylation sites (tertiary alicyclic amines) is 1. The number of nitrogens with zero attached hydrogens (tertiary/aromatic N) is 1. The quantitative estimate of drug-likeness (QED) is 0.803. The third-order valence-electron chi connectivity index (χ3n) is 3.64. The van der Waals surface area contributed by atoms with Crippen molar-refractivity contribution in [3.63, 3.8) is 0 Å². The summed E-state index contributed by atoms with van der Waals surface area (Å²) in [7, 11) is 1.51. The largest absolute Gasteiger partial charge is 0.481 e. The molecule has 0 aromatic carbocycles. The lowest BCUT2D eigenvalue weighted by Crippen LogP contribution is -2.52. The van der Waals surface area contributed by atoms with Crippen LogP contribution in [0.4, 0.5) is 0 Å². The molecule has 1 rings (SSSR count). The summed E-state index contributed by atoms with van der Waals surface area (Å²) >= 11 is 0. The molecule has 1 N–H and O–H groups in total. The summed E-state index contributed by atoms with van der Waals surface area (Å²) in [6, 6.07) is 0. The molecule has 2 unspecified atom stereocenters. The number of aliphatic carboxylic acids is 1. The van der Waals surface area contributed by atoms with Crippen LogP contribution in [0.25, 0.3) is 0 Å². The second kappa shape index (κ2) is 5.49. The molecule has 1 aliphatic heterocycles. The lowest BCUT2D eigenvalue weighted by atomic mass is 9.94. The number of hydrogen-bond acceptors (Lipinski definition) is 3. The summed E-state index contributed by atoms with van der Waals surface area (Å²) in [4.78, 5) is 24.8. The van der Waals surface area contributed by atoms with E-state index in [4.69, 9.17) is 9.84 Å². The van der Waals surface area contributed by atoms with E-state index in [1.165, 1.54) is 7.11 Å². The van der Waals surface area contributed by atoms with Gasteiger partial charge < -0.3 is 14.7 Å². The number of ether oxygens (including phenoxy) is 1. The number of amides is 1. The zero-order valence-electron chi connectivity index (χ0n) is 10.7. The van der Waals surface area contributed by atoms with Gasteiger partial charge >= 0.3 is 5.97 Å². The van der Waals surface area contributed by atoms with Crippen LogP contribution in [0.3, 0.4) is 0 Å². The van der Waals surface area contributed by atoms with Crippen LogP contribution in [0.15, 0.2) is 0 Å². The predicted octanol–water partition coefficient (Wildman–Crippen LogP) is 1.12. The number of piperidine rings is 1. The normalized spacial score (nSPS) is 24.2. The van der Waals surface area contributed by atoms with Crippen LogP contribution in [-0.2, 0) is 14.3 Å². The van der Waals surface area contributed by atoms with Gasteiger partial charge in [-0.25, -0.2) is 0 Å². The number of carbonyl (C=O) groups is 2. The number of methoxy groups -OCH3 is 1. The van der Waals surface area contributed by atoms with Gasteiger partial charge in [-0.2, -0.15) is 0 Å². The minimum Gasteiger partial charge on any atom is -0.481 e. The molecule has 5 nitrogen and oxygen atoms in total. The van der Waals surface area contributed by atoms with E-state index in [1.807, 2.05) is 6.92 Å². The van der Waals surface area contributed by atoms with E-state index in [9.17, 15) is 9.59 Å². The van der Waals surface area contributed by atoms with Gasteiger partial charge in [0.2, 0.25) is 0 Å². The van der Waals surface area contributed by atoms with Crippen LogP contribution in [0.2, 0.25) is 0 Å². The first-order valence-corrected chi connectivity index (χ1v) is 6.02. The fourth-order valence-corrected chi connectivity index (χ4v) is 2.08. The van der Waals surface area contributed by atoms with E-state index in [0.29, 0.717) is 25.9 Å². The van der Waals surface area contributed by atoms with Crippen molar-refractivity contribution >= 4 is 11.9 Å². The molecule has 17 heavy (non-hydrogen) atoms. The topological polar surface area (TPSA) is 66.8 Å². The minimum atomic E-state index is -0.833. The van der Waals surface area contributed by atoms with E-state index in [-0.39, 0.29) is 5.91 Å². The van der Waals surface area contributed by atoms with Gasteiger partial charge in [0.25, 0.3) is 5.91 Å². The van der Waals surface area contributed by atoms with Crippen LogP contribution in [0.5, 0.6) is 0 Å². The number of hydrogen-bond donors (Lipinski definition) is 1. The first-order valence-electron chi connectivity index (χ1n) is 6.02. The lowest BCUT2D eigenvalue weighted by molar-refractivity contribution is -0.157. The highest BCUT2D eigenvalue weighted by atomic mass is 16.5. The molecule has 0 aliphatic carbocycles. The second-order valence-corrected chi connectivity index (χ2v) is 4.72. The third kappa shape index (κ3) is 2.97. The lowest BCUT2D eigenvalue weighted by Gasteiger charge is -2.36. The summed E-state index contributed by atoms with van der Waals surface area (Å²) in [5.41, 5.74) is -0.833. The van der Waals surface area contributed by atoms with Crippen LogP contribution >= 0.6 is 0 Å². The Labute approximate surface area is 102 Å². The highest BCUT2D eigenvalue weighted by molar-refractivity contribution is 5.85. The van der Waals surface area contributed by atoms with Gasteiger partial charge in [0.15, 0.2) is 0 Å². The Morgan fingerprint density at radius 2 is 2.18 bits per heavy atom. The molecule has 98 valence electrons. The van der Waals surface area contributed by atoms with E-state index in [0.717, 1.165) is 6.42 Å². The molecule has 1 amide bonds. The van der Waals surface area contributed by atoms with Crippen molar-refractivity contribution in [1.29, 1.82) is 0 Å². The molecular formula is C12H21NO4. The van der Waals surface area contributed by atoms with Crippen molar-refractivity contribution in [2.45, 2.75) is 38.7 Å². The Hall–Kier alpha value is -1.10. The zero-order chi connectivity index (χ0) is 13.1. The molecule has 0 bridgehead atoms. The molecule has 1 aliphatic rings. The van der Waals surface area contributed by atoms with Gasteiger partial charge in [-0.05, 0) is 26.2 Å². The smallest absolute Gasteiger partial charge is 0.308 e. The van der Waals surface area contributed by atoms with Crippen molar-refractivity contribution in [2.75, 3.05) is 20.2 Å². The number of carboxylic acids is 1. The van der Waals surface area contributed by atoms with Gasteiger partial charge in [0, 0.05) is 20.2 Å². The molecule has 1 fully saturated rings. The molecule has 0 radical (unpaired) electrons. The van der Waals surface area contributed by atoms with E-state index in [2.05, 4.69) is 0 Å². The average Bonchev–Trinajstić information content (AvgIpc) is 2.37. The molecule has 0 aromatic rings. The van der Waals surface area contributed by atoms with Gasteiger partial charge in [-0.1, -0.05) is 6.92 Å². The van der Waals surface area contributed by atoms with Gasteiger partial charge in [-0.15, -0.1) is 0 Å². The first-order chi connectivity index (χ1) is 7.94. The minimum absolute atomic E-state index is 0.103. The fourth-order valence-electron chi connectivity index (χ4n) is 2.08. The van der Waals surface area contributed by atoms with Crippen LogP contribution in [0.1, 0.15) is 33.1 Å². The van der Waals surface area contributed by atoms with E-state index < -0.39 is 17.5 Å². The van der Waals surface area contributed by atoms with Crippen molar-refractivity contribution in [1.82, 2.24) is 4.90 Å². The number of carbonyl (C=O) groups excluding carboxylic acids is 1. The molecule has 0 spiro atoms. The van der Waals surface area contributed by atoms with Crippen LogP contribution < -0.4 is 0 Å². The Morgan fingerprint density at radius 1 is 1.53 bits per heavy atom. The molecule has 1 saturated heterocycles. The summed E-state index contributed by atoms with van der Waals surface area (Å²) < 4.78 is 5.26. The Morgan fingerprint density at radius 3 is 2.65 bits per heavy atom. The van der Waals surface area contributed by atoms with Gasteiger partial charge in [-0.3, -0.25) is 9.59 Å². The SMILES string of the molecule is CCC(C)(OC)C(=O)N1CCCC(C(=O)O)C1. The average molecular weight is 243 g/mol. The van der Waals surface area contributed by atoms with E-state index >= 15 is 0 Å². The third-order valence-corrected chi connectivity index (χ3v) is 3.64. The second-order valence-electron chi connectivity index (χ2n) is 4.72. The fraction of sp³-hybridized carbons (Fsp3) is 0.833. The monoisotopic (exact) mass is 243 g/mol. The summed E-state index contributed by atoms with van der Waals surface area (Å²) in [6.45, 7) is 4.56. The molecule has 1 heterocycles. The molecule has 2 atom stereocenters. The Balaban J connectivity index is 2.72. The first kappa shape index (κ1) is 14.0. The maximum atomic E-state index is 12.3. The van der Waals surface area contributed by atoms with Crippen molar-refractivity contribution in [3.05, 3.63) is 0 Å². The molecular weight excluding hydrogens is 222 g/mol. The highest BCUT2D eigenvalue weighted by Gasteiger charge is 2.38. The molecule has 0 saturated carbocycles. The number of rotatable bonds is 4. The van der Waals surface area contributed by atoms with Crippen LogP contribution in [-0.4, -0.2) is 47.7 Å². The van der Waals surface area contributed by atoms with Crippen molar-refractivity contribution < 1.29 is 19.4 Å². The summed E-state index contributed by atoms with van der Waals surface area (Å²) in [6.07, 6.45) is 1.97. The van der Waals surface area contributed by atoms with Crippen molar-refractivity contribution in [3.8, 4) is 0 Å². The van der Waals surface area contributed by atoms with E-state index in [1.54, 1.807) is 11.8 Å². The zero-order valence-corrected chi connectivity index (χ0v) is 10.7. The Bertz CT molecular complexity index is 299. The van der Waals surface area contributed by atoms with Crippen LogP contribution in [0, 0.1) is 5.92 Å². The maximum Gasteiger partial charge on any atom is 0.308 e. The highest BCUT2D eigenvalue weighted by Crippen LogP contribution is 2.23. The summed E-state index contributed by atoms with van der Waals surface area (Å²) in [5.74, 6) is -1.36. The molecule has 0 aromatic heterocycles. The summed E-state index contributed by atoms with van der Waals surface area (Å²) in [5, 5.41) is 8.99. The van der Waals surface area contributed by atoms with Crippen molar-refractivity contribution in [2.24, 2.45) is 5.92 Å². The maximum absolute atomic E-state index is 12.3. The number of carboxylic acid groups (broad SMARTS) is 1. The predicted molar refractivity (Wildman–Crippen MR) is 62.6 cm³/mol. The Kier molecular flexibility index (Phi) is 4.51. The molecule has 5 heteroatoms. The van der Waals surface area contributed by atoms with Gasteiger partial charge in [0.05, 0.1) is 5.92 Å².